The highest BCUT2D eigenvalue weighted by Crippen LogP contribution is 2.19. The fourth-order valence-corrected chi connectivity index (χ4v) is 2.98. The normalized spacial score (nSPS) is 11.4. The van der Waals surface area contributed by atoms with Gasteiger partial charge in [0.2, 0.25) is 0 Å². The minimum Gasteiger partial charge on any atom is -0.399 e. The third-order valence-corrected chi connectivity index (χ3v) is 3.97. The molecule has 0 unspecified atom stereocenters. The van der Waals surface area contributed by atoms with Crippen molar-refractivity contribution in [1.29, 1.82) is 0 Å². The molecule has 0 atom stereocenters. The minimum absolute atomic E-state index is 0.442. The summed E-state index contributed by atoms with van der Waals surface area (Å²) >= 11 is 0. The van der Waals surface area contributed by atoms with Gasteiger partial charge in [-0.3, -0.25) is 4.31 Å². The molecule has 0 amide bonds. The second kappa shape index (κ2) is 6.61. The molecule has 0 fully saturated rings. The number of hydrogen-bond acceptors (Lipinski definition) is 3. The first-order chi connectivity index (χ1) is 8.51. The van der Waals surface area contributed by atoms with Gasteiger partial charge >= 0.3 is 10.2 Å². The van der Waals surface area contributed by atoms with Crippen LogP contribution in [-0.4, -0.2) is 21.5 Å². The SMILES string of the molecule is CCCNS(=O)(=O)N(CCC)c1ccc(N)cc1. The summed E-state index contributed by atoms with van der Waals surface area (Å²) in [5.74, 6) is 0. The summed E-state index contributed by atoms with van der Waals surface area (Å²) in [6.07, 6.45) is 1.51. The lowest BCUT2D eigenvalue weighted by atomic mass is 10.3. The molecular formula is C12H21N3O2S. The van der Waals surface area contributed by atoms with E-state index in [9.17, 15) is 8.42 Å². The summed E-state index contributed by atoms with van der Waals surface area (Å²) in [7, 11) is -3.47. The molecule has 0 aliphatic heterocycles. The number of nitrogen functional groups attached to an aromatic ring is 1. The van der Waals surface area contributed by atoms with Crippen LogP contribution < -0.4 is 14.8 Å². The van der Waals surface area contributed by atoms with Crippen molar-refractivity contribution >= 4 is 21.6 Å². The van der Waals surface area contributed by atoms with Crippen molar-refractivity contribution in [3.8, 4) is 0 Å². The molecule has 0 saturated heterocycles. The highest BCUT2D eigenvalue weighted by atomic mass is 32.2. The summed E-state index contributed by atoms with van der Waals surface area (Å²) < 4.78 is 28.2. The number of nitrogens with one attached hydrogen (secondary N) is 1. The first-order valence-corrected chi connectivity index (χ1v) is 7.58. The molecule has 0 heterocycles. The van der Waals surface area contributed by atoms with Crippen LogP contribution >= 0.6 is 0 Å². The lowest BCUT2D eigenvalue weighted by Gasteiger charge is -2.24. The van der Waals surface area contributed by atoms with E-state index >= 15 is 0 Å². The Hall–Kier alpha value is -1.27. The predicted octanol–water partition coefficient (Wildman–Crippen LogP) is 1.73. The van der Waals surface area contributed by atoms with Crippen molar-refractivity contribution in [2.24, 2.45) is 0 Å². The average molecular weight is 271 g/mol. The fraction of sp³-hybridized carbons (Fsp3) is 0.500. The predicted molar refractivity (Wildman–Crippen MR) is 75.7 cm³/mol. The second-order valence-electron chi connectivity index (χ2n) is 4.06. The minimum atomic E-state index is -3.47. The molecule has 1 aromatic carbocycles. The number of nitrogens with zero attached hydrogens (tertiary/aromatic N) is 1. The van der Waals surface area contributed by atoms with Gasteiger partial charge in [0, 0.05) is 18.8 Å². The van der Waals surface area contributed by atoms with Crippen molar-refractivity contribution in [3.63, 3.8) is 0 Å². The molecule has 1 aromatic rings. The van der Waals surface area contributed by atoms with Crippen LogP contribution in [0.4, 0.5) is 11.4 Å². The molecule has 0 bridgehead atoms. The Morgan fingerprint density at radius 1 is 1.17 bits per heavy atom. The van der Waals surface area contributed by atoms with Gasteiger partial charge in [-0.2, -0.15) is 13.1 Å². The van der Waals surface area contributed by atoms with Crippen LogP contribution in [0.25, 0.3) is 0 Å². The molecule has 0 aliphatic carbocycles. The second-order valence-corrected chi connectivity index (χ2v) is 5.74. The first-order valence-electron chi connectivity index (χ1n) is 6.14. The molecule has 0 aliphatic rings. The van der Waals surface area contributed by atoms with Crippen molar-refractivity contribution in [3.05, 3.63) is 24.3 Å². The van der Waals surface area contributed by atoms with Crippen LogP contribution in [0.15, 0.2) is 24.3 Å². The Bertz CT molecular complexity index is 457. The molecule has 1 rings (SSSR count). The van der Waals surface area contributed by atoms with Gasteiger partial charge in [-0.05, 0) is 37.1 Å². The monoisotopic (exact) mass is 271 g/mol. The third kappa shape index (κ3) is 3.89. The summed E-state index contributed by atoms with van der Waals surface area (Å²) in [5.41, 5.74) is 6.86. The number of hydrogen-bond donors (Lipinski definition) is 2. The first kappa shape index (κ1) is 14.8. The highest BCUT2D eigenvalue weighted by molar-refractivity contribution is 7.90. The molecule has 0 spiro atoms. The maximum Gasteiger partial charge on any atom is 0.301 e. The van der Waals surface area contributed by atoms with Crippen LogP contribution in [-0.2, 0) is 10.2 Å². The van der Waals surface area contributed by atoms with E-state index in [0.717, 1.165) is 12.8 Å². The van der Waals surface area contributed by atoms with E-state index in [0.29, 0.717) is 24.5 Å². The average Bonchev–Trinajstić information content (AvgIpc) is 2.35. The van der Waals surface area contributed by atoms with E-state index in [2.05, 4.69) is 4.72 Å². The number of nitrogens with two attached hydrogens (primary N) is 1. The van der Waals surface area contributed by atoms with Gasteiger partial charge < -0.3 is 5.73 Å². The van der Waals surface area contributed by atoms with Gasteiger partial charge in [0.1, 0.15) is 0 Å². The third-order valence-electron chi connectivity index (χ3n) is 2.43. The van der Waals surface area contributed by atoms with Crippen LogP contribution in [0.3, 0.4) is 0 Å². The standard InChI is InChI=1S/C12H21N3O2S/c1-3-9-14-18(16,17)15(10-4-2)12-7-5-11(13)6-8-12/h5-8,14H,3-4,9-10,13H2,1-2H3. The molecule has 0 aromatic heterocycles. The van der Waals surface area contributed by atoms with Gasteiger partial charge in [-0.25, -0.2) is 0 Å². The molecule has 3 N–H and O–H groups in total. The Morgan fingerprint density at radius 2 is 1.78 bits per heavy atom. The van der Waals surface area contributed by atoms with Crippen molar-refractivity contribution < 1.29 is 8.42 Å². The quantitative estimate of drug-likeness (QED) is 0.742. The van der Waals surface area contributed by atoms with Crippen molar-refractivity contribution in [2.75, 3.05) is 23.1 Å². The molecule has 0 radical (unpaired) electrons. The molecule has 5 nitrogen and oxygen atoms in total. The molecule has 102 valence electrons. The Kier molecular flexibility index (Phi) is 5.43. The summed E-state index contributed by atoms with van der Waals surface area (Å²) in [6.45, 7) is 4.76. The fourth-order valence-electron chi connectivity index (χ4n) is 1.54. The van der Waals surface area contributed by atoms with E-state index in [1.165, 1.54) is 4.31 Å². The Labute approximate surface area is 109 Å². The zero-order chi connectivity index (χ0) is 13.6. The highest BCUT2D eigenvalue weighted by Gasteiger charge is 2.20. The van der Waals surface area contributed by atoms with E-state index in [4.69, 9.17) is 5.73 Å². The lowest BCUT2D eigenvalue weighted by Crippen LogP contribution is -2.41. The van der Waals surface area contributed by atoms with Crippen LogP contribution in [0.5, 0.6) is 0 Å². The van der Waals surface area contributed by atoms with E-state index < -0.39 is 10.2 Å². The topological polar surface area (TPSA) is 75.4 Å². The summed E-state index contributed by atoms with van der Waals surface area (Å²) in [5, 5.41) is 0. The van der Waals surface area contributed by atoms with Gasteiger partial charge in [0.25, 0.3) is 0 Å². The Morgan fingerprint density at radius 3 is 2.28 bits per heavy atom. The van der Waals surface area contributed by atoms with Crippen molar-refractivity contribution in [2.45, 2.75) is 26.7 Å². The van der Waals surface area contributed by atoms with Gasteiger partial charge in [0.05, 0.1) is 5.69 Å². The van der Waals surface area contributed by atoms with E-state index in [1.54, 1.807) is 24.3 Å². The van der Waals surface area contributed by atoms with Crippen LogP contribution in [0.1, 0.15) is 26.7 Å². The molecular weight excluding hydrogens is 250 g/mol. The zero-order valence-electron chi connectivity index (χ0n) is 10.9. The summed E-state index contributed by atoms with van der Waals surface area (Å²) in [6, 6.07) is 6.84. The van der Waals surface area contributed by atoms with Gasteiger partial charge in [-0.15, -0.1) is 0 Å². The maximum atomic E-state index is 12.1. The lowest BCUT2D eigenvalue weighted by molar-refractivity contribution is 0.574. The van der Waals surface area contributed by atoms with Crippen LogP contribution in [0.2, 0.25) is 0 Å². The number of benzene rings is 1. The number of rotatable bonds is 7. The van der Waals surface area contributed by atoms with E-state index in [-0.39, 0.29) is 0 Å². The maximum absolute atomic E-state index is 12.1. The molecule has 18 heavy (non-hydrogen) atoms. The van der Waals surface area contributed by atoms with Crippen LogP contribution in [0, 0.1) is 0 Å². The van der Waals surface area contributed by atoms with Gasteiger partial charge in [0.15, 0.2) is 0 Å². The summed E-state index contributed by atoms with van der Waals surface area (Å²) in [4.78, 5) is 0. The largest absolute Gasteiger partial charge is 0.399 e. The smallest absolute Gasteiger partial charge is 0.301 e. The van der Waals surface area contributed by atoms with Gasteiger partial charge in [-0.1, -0.05) is 13.8 Å². The zero-order valence-corrected chi connectivity index (χ0v) is 11.7. The van der Waals surface area contributed by atoms with Crippen molar-refractivity contribution in [1.82, 2.24) is 4.72 Å². The van der Waals surface area contributed by atoms with E-state index in [1.807, 2.05) is 13.8 Å². The Balaban J connectivity index is 2.98. The molecule has 0 saturated carbocycles. The molecule has 6 heteroatoms. The number of anilines is 2.